The number of amides is 2. The summed E-state index contributed by atoms with van der Waals surface area (Å²) in [5.74, 6) is -0.687. The largest absolute Gasteiger partial charge is 0.416 e. The molecule has 1 heterocycles. The molecule has 0 unspecified atom stereocenters. The van der Waals surface area contributed by atoms with Crippen LogP contribution in [-0.2, 0) is 17.4 Å². The molecule has 0 atom stereocenters. The van der Waals surface area contributed by atoms with Crippen molar-refractivity contribution in [2.75, 3.05) is 13.1 Å². The van der Waals surface area contributed by atoms with E-state index < -0.39 is 17.6 Å². The molecular formula is C20H18F3N3O2. The summed E-state index contributed by atoms with van der Waals surface area (Å²) in [5.41, 5.74) is 1.14. The summed E-state index contributed by atoms with van der Waals surface area (Å²) in [4.78, 5) is 27.1. The van der Waals surface area contributed by atoms with Gasteiger partial charge in [-0.15, -0.1) is 0 Å². The van der Waals surface area contributed by atoms with Crippen molar-refractivity contribution in [2.45, 2.75) is 12.6 Å². The monoisotopic (exact) mass is 389 g/mol. The van der Waals surface area contributed by atoms with Crippen molar-refractivity contribution >= 4 is 22.7 Å². The first kappa shape index (κ1) is 19.5. The van der Waals surface area contributed by atoms with E-state index in [1.807, 2.05) is 24.3 Å². The maximum Gasteiger partial charge on any atom is 0.416 e. The lowest BCUT2D eigenvalue weighted by molar-refractivity contribution is -0.137. The van der Waals surface area contributed by atoms with Crippen LogP contribution in [0.3, 0.4) is 0 Å². The summed E-state index contributed by atoms with van der Waals surface area (Å²) in [6.07, 6.45) is -2.45. The van der Waals surface area contributed by atoms with Gasteiger partial charge in [-0.05, 0) is 35.9 Å². The van der Waals surface area contributed by atoms with Crippen LogP contribution in [0.1, 0.15) is 21.5 Å². The van der Waals surface area contributed by atoms with Crippen molar-refractivity contribution in [3.8, 4) is 0 Å². The molecule has 5 nitrogen and oxygen atoms in total. The fourth-order valence-corrected chi connectivity index (χ4v) is 2.80. The van der Waals surface area contributed by atoms with E-state index in [4.69, 9.17) is 0 Å². The molecule has 0 bridgehead atoms. The fraction of sp³-hybridized carbons (Fsp3) is 0.200. The van der Waals surface area contributed by atoms with Crippen LogP contribution in [-0.4, -0.2) is 29.9 Å². The lowest BCUT2D eigenvalue weighted by atomic mass is 10.1. The average Bonchev–Trinajstić information content (AvgIpc) is 3.07. The van der Waals surface area contributed by atoms with Crippen molar-refractivity contribution in [3.05, 3.63) is 71.4 Å². The summed E-state index contributed by atoms with van der Waals surface area (Å²) in [6, 6.07) is 11.6. The molecule has 0 spiro atoms. The Morgan fingerprint density at radius 2 is 1.61 bits per heavy atom. The number of aromatic nitrogens is 1. The summed E-state index contributed by atoms with van der Waals surface area (Å²) >= 11 is 0. The molecule has 2 amide bonds. The molecule has 0 saturated heterocycles. The molecule has 146 valence electrons. The molecule has 0 aliphatic carbocycles. The third kappa shape index (κ3) is 4.70. The highest BCUT2D eigenvalue weighted by atomic mass is 19.4. The standard InChI is InChI=1S/C20H18F3N3O2/c21-20(22,23)15-7-5-13(6-8-15)19(28)25-10-9-24-18(27)11-14-12-26-17-4-2-1-3-16(14)17/h1-8,12,26H,9-11H2,(H,24,27)(H,25,28). The number of nitrogens with one attached hydrogen (secondary N) is 3. The van der Waals surface area contributed by atoms with E-state index in [0.717, 1.165) is 40.7 Å². The third-order valence-corrected chi connectivity index (χ3v) is 4.23. The molecule has 0 radical (unpaired) electrons. The van der Waals surface area contributed by atoms with Gasteiger partial charge in [0.05, 0.1) is 12.0 Å². The van der Waals surface area contributed by atoms with Crippen molar-refractivity contribution in [1.82, 2.24) is 15.6 Å². The molecular weight excluding hydrogens is 371 g/mol. The van der Waals surface area contributed by atoms with Gasteiger partial charge in [0.1, 0.15) is 0 Å². The first-order chi connectivity index (χ1) is 13.3. The van der Waals surface area contributed by atoms with Crippen molar-refractivity contribution in [2.24, 2.45) is 0 Å². The number of halogens is 3. The first-order valence-corrected chi connectivity index (χ1v) is 8.62. The number of hydrogen-bond acceptors (Lipinski definition) is 2. The maximum absolute atomic E-state index is 12.5. The molecule has 3 rings (SSSR count). The second kappa shape index (κ2) is 8.16. The van der Waals surface area contributed by atoms with Gasteiger partial charge in [-0.1, -0.05) is 18.2 Å². The van der Waals surface area contributed by atoms with Gasteiger partial charge in [-0.25, -0.2) is 0 Å². The summed E-state index contributed by atoms with van der Waals surface area (Å²) in [5, 5.41) is 6.24. The minimum absolute atomic E-state index is 0.123. The minimum atomic E-state index is -4.44. The predicted molar refractivity (Wildman–Crippen MR) is 98.8 cm³/mol. The van der Waals surface area contributed by atoms with Crippen LogP contribution in [0.5, 0.6) is 0 Å². The lowest BCUT2D eigenvalue weighted by Gasteiger charge is -2.09. The van der Waals surface area contributed by atoms with Crippen molar-refractivity contribution in [1.29, 1.82) is 0 Å². The van der Waals surface area contributed by atoms with Gasteiger partial charge in [0, 0.05) is 35.8 Å². The van der Waals surface area contributed by atoms with Crippen LogP contribution >= 0.6 is 0 Å². The Hall–Kier alpha value is -3.29. The van der Waals surface area contributed by atoms with Crippen molar-refractivity contribution < 1.29 is 22.8 Å². The Balaban J connectivity index is 1.43. The van der Waals surface area contributed by atoms with Crippen LogP contribution in [0.2, 0.25) is 0 Å². The highest BCUT2D eigenvalue weighted by molar-refractivity contribution is 5.94. The van der Waals surface area contributed by atoms with E-state index >= 15 is 0 Å². The smallest absolute Gasteiger partial charge is 0.361 e. The molecule has 0 aliphatic rings. The number of fused-ring (bicyclic) bond motifs is 1. The number of rotatable bonds is 6. The summed E-state index contributed by atoms with van der Waals surface area (Å²) in [6.45, 7) is 0.382. The predicted octanol–water partition coefficient (Wildman–Crippen LogP) is 3.28. The Morgan fingerprint density at radius 3 is 2.32 bits per heavy atom. The van der Waals surface area contributed by atoms with Crippen LogP contribution < -0.4 is 10.6 Å². The van der Waals surface area contributed by atoms with E-state index in [1.165, 1.54) is 0 Å². The number of H-pyrrole nitrogens is 1. The Bertz CT molecular complexity index is 978. The lowest BCUT2D eigenvalue weighted by Crippen LogP contribution is -2.35. The zero-order chi connectivity index (χ0) is 20.1. The van der Waals surface area contributed by atoms with E-state index in [0.29, 0.717) is 0 Å². The van der Waals surface area contributed by atoms with Gasteiger partial charge >= 0.3 is 6.18 Å². The zero-order valence-electron chi connectivity index (χ0n) is 14.8. The zero-order valence-corrected chi connectivity index (χ0v) is 14.8. The second-order valence-electron chi connectivity index (χ2n) is 6.22. The van der Waals surface area contributed by atoms with Crippen molar-refractivity contribution in [3.63, 3.8) is 0 Å². The number of carbonyl (C=O) groups excluding carboxylic acids is 2. The number of aromatic amines is 1. The topological polar surface area (TPSA) is 74.0 Å². The van der Waals surface area contributed by atoms with E-state index in [1.54, 1.807) is 6.20 Å². The minimum Gasteiger partial charge on any atom is -0.361 e. The number of para-hydroxylation sites is 1. The molecule has 3 N–H and O–H groups in total. The van der Waals surface area contributed by atoms with Gasteiger partial charge in [0.2, 0.25) is 5.91 Å². The molecule has 0 saturated carbocycles. The van der Waals surface area contributed by atoms with Gasteiger partial charge < -0.3 is 15.6 Å². The molecule has 2 aromatic carbocycles. The molecule has 28 heavy (non-hydrogen) atoms. The van der Waals surface area contributed by atoms with Crippen LogP contribution in [0.4, 0.5) is 13.2 Å². The molecule has 8 heteroatoms. The van der Waals surface area contributed by atoms with Gasteiger partial charge in [-0.2, -0.15) is 13.2 Å². The summed E-state index contributed by atoms with van der Waals surface area (Å²) in [7, 11) is 0. The second-order valence-corrected chi connectivity index (χ2v) is 6.22. The van der Waals surface area contributed by atoms with E-state index in [2.05, 4.69) is 15.6 Å². The highest BCUT2D eigenvalue weighted by Gasteiger charge is 2.30. The quantitative estimate of drug-likeness (QED) is 0.566. The summed E-state index contributed by atoms with van der Waals surface area (Å²) < 4.78 is 37.6. The SMILES string of the molecule is O=C(Cc1c[nH]c2ccccc12)NCCNC(=O)c1ccc(C(F)(F)F)cc1. The third-order valence-electron chi connectivity index (χ3n) is 4.23. The Kier molecular flexibility index (Phi) is 5.67. The fourth-order valence-electron chi connectivity index (χ4n) is 2.80. The molecule has 3 aromatic rings. The van der Waals surface area contributed by atoms with Crippen LogP contribution in [0.15, 0.2) is 54.7 Å². The number of carbonyl (C=O) groups is 2. The highest BCUT2D eigenvalue weighted by Crippen LogP contribution is 2.29. The van der Waals surface area contributed by atoms with Gasteiger partial charge in [0.15, 0.2) is 0 Å². The van der Waals surface area contributed by atoms with Gasteiger partial charge in [-0.3, -0.25) is 9.59 Å². The number of alkyl halides is 3. The number of hydrogen-bond donors (Lipinski definition) is 3. The number of benzene rings is 2. The van der Waals surface area contributed by atoms with E-state index in [-0.39, 0.29) is 31.0 Å². The first-order valence-electron chi connectivity index (χ1n) is 8.62. The average molecular weight is 389 g/mol. The van der Waals surface area contributed by atoms with Crippen LogP contribution in [0.25, 0.3) is 10.9 Å². The molecule has 0 aliphatic heterocycles. The molecule has 0 fully saturated rings. The molecule has 1 aromatic heterocycles. The Morgan fingerprint density at radius 1 is 0.929 bits per heavy atom. The Labute approximate surface area is 158 Å². The normalized spacial score (nSPS) is 11.4. The van der Waals surface area contributed by atoms with Crippen LogP contribution in [0, 0.1) is 0 Å². The maximum atomic E-state index is 12.5. The van der Waals surface area contributed by atoms with Gasteiger partial charge in [0.25, 0.3) is 5.91 Å². The van der Waals surface area contributed by atoms with E-state index in [9.17, 15) is 22.8 Å².